The lowest BCUT2D eigenvalue weighted by molar-refractivity contribution is -0.149. The number of alkyl carbamates (subject to hydrolysis) is 1. The van der Waals surface area contributed by atoms with Crippen LogP contribution in [0.4, 0.5) is 4.79 Å². The van der Waals surface area contributed by atoms with Crippen molar-refractivity contribution in [3.63, 3.8) is 0 Å². The van der Waals surface area contributed by atoms with Gasteiger partial charge in [0.2, 0.25) is 0 Å². The summed E-state index contributed by atoms with van der Waals surface area (Å²) in [5.74, 6) is -1.12. The number of amides is 1. The standard InChI is InChI=1S/C12H21NO6/c1-8(13-11(16)19-12(2,3)4)10(15)18-7-6-9(14)17-5/h8H,6-7H2,1-5H3,(H,13,16). The monoisotopic (exact) mass is 275 g/mol. The van der Waals surface area contributed by atoms with Gasteiger partial charge in [-0.05, 0) is 27.7 Å². The largest absolute Gasteiger partial charge is 0.469 e. The second-order valence-electron chi connectivity index (χ2n) is 4.86. The molecule has 0 saturated carbocycles. The fraction of sp³-hybridized carbons (Fsp3) is 0.750. The minimum Gasteiger partial charge on any atom is -0.469 e. The summed E-state index contributed by atoms with van der Waals surface area (Å²) in [6.07, 6.45) is -0.730. The Morgan fingerprint density at radius 1 is 1.21 bits per heavy atom. The highest BCUT2D eigenvalue weighted by atomic mass is 16.6. The van der Waals surface area contributed by atoms with Gasteiger partial charge in [-0.15, -0.1) is 0 Å². The van der Waals surface area contributed by atoms with E-state index in [0.29, 0.717) is 0 Å². The summed E-state index contributed by atoms with van der Waals surface area (Å²) in [7, 11) is 1.25. The minimum atomic E-state index is -0.854. The number of rotatable bonds is 5. The molecule has 0 radical (unpaired) electrons. The third-order valence-corrected chi connectivity index (χ3v) is 1.86. The third-order valence-electron chi connectivity index (χ3n) is 1.86. The maximum Gasteiger partial charge on any atom is 0.408 e. The van der Waals surface area contributed by atoms with Crippen molar-refractivity contribution in [3.05, 3.63) is 0 Å². The van der Waals surface area contributed by atoms with Crippen LogP contribution in [0.3, 0.4) is 0 Å². The fourth-order valence-electron chi connectivity index (χ4n) is 1.01. The molecule has 7 nitrogen and oxygen atoms in total. The van der Waals surface area contributed by atoms with Gasteiger partial charge >= 0.3 is 18.0 Å². The lowest BCUT2D eigenvalue weighted by Gasteiger charge is -2.21. The number of hydrogen-bond donors (Lipinski definition) is 1. The van der Waals surface area contributed by atoms with Crippen molar-refractivity contribution in [2.24, 2.45) is 0 Å². The Balaban J connectivity index is 4.00. The van der Waals surface area contributed by atoms with Gasteiger partial charge in [-0.25, -0.2) is 9.59 Å². The molecule has 1 N–H and O–H groups in total. The summed E-state index contributed by atoms with van der Waals surface area (Å²) in [4.78, 5) is 33.7. The molecule has 0 aromatic rings. The van der Waals surface area contributed by atoms with Gasteiger partial charge in [-0.1, -0.05) is 0 Å². The van der Waals surface area contributed by atoms with Gasteiger partial charge in [0.25, 0.3) is 0 Å². The second-order valence-corrected chi connectivity index (χ2v) is 4.86. The normalized spacial score (nSPS) is 12.3. The Morgan fingerprint density at radius 2 is 1.79 bits per heavy atom. The number of carbonyl (C=O) groups is 3. The van der Waals surface area contributed by atoms with Crippen molar-refractivity contribution in [2.45, 2.75) is 45.8 Å². The Morgan fingerprint density at radius 3 is 2.26 bits per heavy atom. The molecule has 0 aliphatic carbocycles. The number of hydrogen-bond acceptors (Lipinski definition) is 6. The summed E-state index contributed by atoms with van der Waals surface area (Å²) >= 11 is 0. The van der Waals surface area contributed by atoms with E-state index in [1.54, 1.807) is 20.8 Å². The first-order chi connectivity index (χ1) is 8.65. The highest BCUT2D eigenvalue weighted by molar-refractivity contribution is 5.81. The Hall–Kier alpha value is -1.79. The van der Waals surface area contributed by atoms with E-state index >= 15 is 0 Å². The van der Waals surface area contributed by atoms with Crippen LogP contribution in [0.5, 0.6) is 0 Å². The summed E-state index contributed by atoms with van der Waals surface area (Å²) in [6, 6.07) is -0.854. The van der Waals surface area contributed by atoms with Gasteiger partial charge < -0.3 is 19.5 Å². The molecular formula is C12H21NO6. The van der Waals surface area contributed by atoms with E-state index in [1.165, 1.54) is 14.0 Å². The molecule has 0 aromatic carbocycles. The minimum absolute atomic E-state index is 0.0264. The predicted octanol–water partition coefficient (Wildman–Crippen LogP) is 1.01. The molecule has 7 heteroatoms. The van der Waals surface area contributed by atoms with Crippen molar-refractivity contribution in [2.75, 3.05) is 13.7 Å². The van der Waals surface area contributed by atoms with Gasteiger partial charge in [0.1, 0.15) is 18.2 Å². The van der Waals surface area contributed by atoms with Crippen LogP contribution in [0.15, 0.2) is 0 Å². The molecule has 0 aromatic heterocycles. The van der Waals surface area contributed by atoms with Crippen LogP contribution in [-0.4, -0.2) is 43.4 Å². The van der Waals surface area contributed by atoms with Crippen molar-refractivity contribution < 1.29 is 28.6 Å². The van der Waals surface area contributed by atoms with E-state index in [4.69, 9.17) is 9.47 Å². The summed E-state index contributed by atoms with van der Waals surface area (Å²) in [5.41, 5.74) is -0.640. The third kappa shape index (κ3) is 8.87. The van der Waals surface area contributed by atoms with Crippen LogP contribution in [0.1, 0.15) is 34.1 Å². The van der Waals surface area contributed by atoms with Crippen LogP contribution in [0, 0.1) is 0 Å². The molecule has 0 heterocycles. The molecule has 0 bridgehead atoms. The van der Waals surface area contributed by atoms with E-state index in [2.05, 4.69) is 10.1 Å². The average molecular weight is 275 g/mol. The highest BCUT2D eigenvalue weighted by Gasteiger charge is 2.21. The molecule has 1 atom stereocenters. The smallest absolute Gasteiger partial charge is 0.408 e. The molecular weight excluding hydrogens is 254 g/mol. The van der Waals surface area contributed by atoms with Gasteiger partial charge in [-0.3, -0.25) is 4.79 Å². The fourth-order valence-corrected chi connectivity index (χ4v) is 1.01. The SMILES string of the molecule is COC(=O)CCOC(=O)C(C)NC(=O)OC(C)(C)C. The van der Waals surface area contributed by atoms with Gasteiger partial charge in [0, 0.05) is 0 Å². The molecule has 19 heavy (non-hydrogen) atoms. The quantitative estimate of drug-likeness (QED) is 0.594. The van der Waals surface area contributed by atoms with Crippen molar-refractivity contribution >= 4 is 18.0 Å². The average Bonchev–Trinajstić information content (AvgIpc) is 2.25. The summed E-state index contributed by atoms with van der Waals surface area (Å²) in [6.45, 7) is 6.51. The number of methoxy groups -OCH3 is 1. The molecule has 0 aliphatic heterocycles. The first kappa shape index (κ1) is 17.2. The predicted molar refractivity (Wildman–Crippen MR) is 66.4 cm³/mol. The maximum absolute atomic E-state index is 11.5. The number of ether oxygens (including phenoxy) is 3. The van der Waals surface area contributed by atoms with Crippen molar-refractivity contribution in [1.82, 2.24) is 5.32 Å². The van der Waals surface area contributed by atoms with Crippen LogP contribution < -0.4 is 5.32 Å². The Bertz CT molecular complexity index is 334. The number of esters is 2. The van der Waals surface area contributed by atoms with Gasteiger partial charge in [-0.2, -0.15) is 0 Å². The van der Waals surface area contributed by atoms with Crippen molar-refractivity contribution in [1.29, 1.82) is 0 Å². The molecule has 0 saturated heterocycles. The first-order valence-corrected chi connectivity index (χ1v) is 5.88. The molecule has 110 valence electrons. The molecule has 0 rings (SSSR count). The summed E-state index contributed by atoms with van der Waals surface area (Å²) < 4.78 is 14.2. The maximum atomic E-state index is 11.5. The highest BCUT2D eigenvalue weighted by Crippen LogP contribution is 2.06. The molecule has 0 aliphatic rings. The first-order valence-electron chi connectivity index (χ1n) is 5.88. The van der Waals surface area contributed by atoms with E-state index in [-0.39, 0.29) is 13.0 Å². The topological polar surface area (TPSA) is 90.9 Å². The summed E-state index contributed by atoms with van der Waals surface area (Å²) in [5, 5.41) is 2.34. The van der Waals surface area contributed by atoms with Crippen LogP contribution in [-0.2, 0) is 23.8 Å². The Kier molecular flexibility index (Phi) is 6.89. The lowest BCUT2D eigenvalue weighted by Crippen LogP contribution is -2.42. The second kappa shape index (κ2) is 7.60. The van der Waals surface area contributed by atoms with Crippen LogP contribution in [0.25, 0.3) is 0 Å². The van der Waals surface area contributed by atoms with E-state index < -0.39 is 29.7 Å². The zero-order valence-corrected chi connectivity index (χ0v) is 11.9. The lowest BCUT2D eigenvalue weighted by atomic mass is 10.2. The van der Waals surface area contributed by atoms with Gasteiger partial charge in [0.15, 0.2) is 0 Å². The Labute approximate surface area is 112 Å². The van der Waals surface area contributed by atoms with E-state index in [9.17, 15) is 14.4 Å². The number of nitrogens with one attached hydrogen (secondary N) is 1. The van der Waals surface area contributed by atoms with Gasteiger partial charge in [0.05, 0.1) is 13.5 Å². The molecule has 0 spiro atoms. The van der Waals surface area contributed by atoms with E-state index in [1.807, 2.05) is 0 Å². The zero-order valence-electron chi connectivity index (χ0n) is 11.9. The molecule has 1 amide bonds. The molecule has 1 unspecified atom stereocenters. The van der Waals surface area contributed by atoms with E-state index in [0.717, 1.165) is 0 Å². The zero-order chi connectivity index (χ0) is 15.1. The van der Waals surface area contributed by atoms with Crippen LogP contribution in [0.2, 0.25) is 0 Å². The number of carbonyl (C=O) groups excluding carboxylic acids is 3. The molecule has 0 fully saturated rings. The van der Waals surface area contributed by atoms with Crippen LogP contribution >= 0.6 is 0 Å². The van der Waals surface area contributed by atoms with Crippen molar-refractivity contribution in [3.8, 4) is 0 Å².